The molecule has 0 spiro atoms. The van der Waals surface area contributed by atoms with Crippen molar-refractivity contribution >= 4 is 105 Å². The summed E-state index contributed by atoms with van der Waals surface area (Å²) in [6, 6.07) is 1.79. The fourth-order valence-electron chi connectivity index (χ4n) is 8.88. The van der Waals surface area contributed by atoms with Gasteiger partial charge in [0, 0.05) is 33.9 Å². The molecule has 2 aliphatic rings. The van der Waals surface area contributed by atoms with E-state index in [2.05, 4.69) is 41.2 Å². The number of carbonyl (C=O) groups is 10. The summed E-state index contributed by atoms with van der Waals surface area (Å²) in [5.74, 6) is -10.4. The molecule has 2 aromatic heterocycles. The van der Waals surface area contributed by atoms with Gasteiger partial charge < -0.3 is 50.3 Å². The maximum Gasteiger partial charge on any atom is 0.329 e. The van der Waals surface area contributed by atoms with Crippen molar-refractivity contribution in [3.8, 4) is 0 Å². The fraction of sp³-hybridized carbons (Fsp3) is 0.490. The van der Waals surface area contributed by atoms with E-state index in [1.807, 2.05) is 0 Å². The van der Waals surface area contributed by atoms with Crippen LogP contribution in [0, 0.1) is 11.8 Å². The zero-order valence-corrected chi connectivity index (χ0v) is 46.2. The molecule has 6 rings (SSSR count). The van der Waals surface area contributed by atoms with Crippen molar-refractivity contribution in [2.24, 2.45) is 11.8 Å². The van der Waals surface area contributed by atoms with Gasteiger partial charge in [0.25, 0.3) is 11.8 Å². The number of para-hydroxylation sites is 4. The molecule has 2 fully saturated rings. The van der Waals surface area contributed by atoms with Gasteiger partial charge in [-0.25, -0.2) is 19.6 Å². The molecule has 2 saturated heterocycles. The highest BCUT2D eigenvalue weighted by atomic mass is 32.2. The van der Waals surface area contributed by atoms with Crippen LogP contribution in [-0.4, -0.2) is 205 Å². The number of nitrogens with zero attached hydrogens (tertiary/aromatic N) is 8. The minimum Gasteiger partial charge on any atom is -0.461 e. The normalized spacial score (nSPS) is 25.4. The Morgan fingerprint density at radius 2 is 1.01 bits per heavy atom. The Bertz CT molecular complexity index is 2930. The van der Waals surface area contributed by atoms with Gasteiger partial charge in [0.1, 0.15) is 72.9 Å². The molecule has 0 saturated carbocycles. The van der Waals surface area contributed by atoms with Crippen LogP contribution in [0.15, 0.2) is 60.9 Å². The fourth-order valence-corrected chi connectivity index (χ4v) is 11.4. The highest BCUT2D eigenvalue weighted by molar-refractivity contribution is 8.16. The van der Waals surface area contributed by atoms with Crippen LogP contribution >= 0.6 is 23.5 Å². The first kappa shape index (κ1) is 58.8. The predicted octanol–water partition coefficient (Wildman–Crippen LogP) is 0.635. The summed E-state index contributed by atoms with van der Waals surface area (Å²) in [4.78, 5) is 166. The second-order valence-corrected chi connectivity index (χ2v) is 21.8. The summed E-state index contributed by atoms with van der Waals surface area (Å²) in [6.07, 6.45) is 4.06. The number of rotatable bonds is 7. The Balaban J connectivity index is 1.43. The van der Waals surface area contributed by atoms with Gasteiger partial charge in [-0.1, -0.05) is 52.0 Å². The van der Waals surface area contributed by atoms with Gasteiger partial charge in [-0.2, -0.15) is 0 Å². The molecule has 8 amide bonds. The molecule has 4 heterocycles. The zero-order valence-electron chi connectivity index (χ0n) is 44.5. The lowest BCUT2D eigenvalue weighted by Crippen LogP contribution is -2.60. The first-order chi connectivity index (χ1) is 36.4. The number of hydrogen-bond acceptors (Lipinski definition) is 18. The minimum absolute atomic E-state index is 0.182. The first-order valence-electron chi connectivity index (χ1n) is 24.7. The number of cyclic esters (lactones) is 2. The van der Waals surface area contributed by atoms with E-state index in [-0.39, 0.29) is 17.1 Å². The van der Waals surface area contributed by atoms with Crippen LogP contribution in [0.2, 0.25) is 0 Å². The topological polar surface area (TPSA) is 302 Å². The van der Waals surface area contributed by atoms with Crippen molar-refractivity contribution in [1.29, 1.82) is 0 Å². The van der Waals surface area contributed by atoms with Crippen LogP contribution < -0.4 is 21.3 Å². The number of amides is 8. The maximum atomic E-state index is 15.2. The smallest absolute Gasteiger partial charge is 0.329 e. The monoisotopic (exact) mass is 1100 g/mol. The Morgan fingerprint density at radius 3 is 1.43 bits per heavy atom. The number of carbonyl (C=O) groups excluding carboxylic acids is 10. The van der Waals surface area contributed by atoms with Gasteiger partial charge in [0.15, 0.2) is 0 Å². The summed E-state index contributed by atoms with van der Waals surface area (Å²) in [5.41, 5.74) is 1.38. The third-order valence-electron chi connectivity index (χ3n) is 13.2. The SMILES string of the molecule is CSC1SCC2C(=O)N(C)C(C(C)C)C(=O)OC[C@@H](NC(=O)c3cnc4ccccc4n3)C(=O)NC(C)C(=O)N(C)C1C(=O)N(C)C(C(C)C)C(=O)OC[C@@H](NC(=O)c1cnc3ccccc3n1)C(=O)NC(C)C(=O)N2C. The molecule has 4 N–H and O–H groups in total. The second kappa shape index (κ2) is 25.6. The quantitative estimate of drug-likeness (QED) is 0.185. The van der Waals surface area contributed by atoms with Gasteiger partial charge in [0.2, 0.25) is 35.4 Å². The third kappa shape index (κ3) is 13.6. The number of fused-ring (bicyclic) bond motifs is 6. The molecule has 9 atom stereocenters. The van der Waals surface area contributed by atoms with Crippen molar-refractivity contribution in [3.05, 3.63) is 72.3 Å². The van der Waals surface area contributed by atoms with E-state index >= 15 is 9.59 Å². The molecule has 0 aliphatic carbocycles. The number of esters is 2. The summed E-state index contributed by atoms with van der Waals surface area (Å²) in [7, 11) is 5.32. The highest BCUT2D eigenvalue weighted by Gasteiger charge is 2.45. The zero-order chi connectivity index (χ0) is 56.6. The maximum absolute atomic E-state index is 15.2. The van der Waals surface area contributed by atoms with Crippen molar-refractivity contribution in [2.75, 3.05) is 53.4 Å². The van der Waals surface area contributed by atoms with Crippen LogP contribution in [0.5, 0.6) is 0 Å². The predicted molar refractivity (Wildman–Crippen MR) is 284 cm³/mol. The number of ether oxygens (including phenoxy) is 2. The Hall–Kier alpha value is -7.48. The standard InChI is InChI=1S/C51H64N12O12S2/c1-25(2)38-49(72)74-22-36(59-42(65)34-21-53-30-17-13-15-19-32(30)57-34)44(67)55-28(6)46(69)63(10)40-48(71)62(9)39(26(3)4)50(73)75-23-35(58-41(64)33-20-52-29-16-12-14-18-31(29)56-33)43(66)54-27(5)45(68)60(7)37(47(70)61(38)8)24-77-51(40)76-11/h12-21,25-28,35-40,51H,22-24H2,1-11H3,(H,54,66)(H,55,67)(H,58,64)(H,59,65)/t27?,28?,35-,36-,37?,38?,39?,40?,51?/m1/s1. The van der Waals surface area contributed by atoms with Crippen LogP contribution in [0.1, 0.15) is 62.5 Å². The van der Waals surface area contributed by atoms with Gasteiger partial charge in [-0.05, 0) is 56.2 Å². The average molecular weight is 1100 g/mol. The van der Waals surface area contributed by atoms with Crippen molar-refractivity contribution in [3.63, 3.8) is 0 Å². The van der Waals surface area contributed by atoms with Crippen LogP contribution in [0.4, 0.5) is 0 Å². The molecule has 4 aromatic rings. The molecule has 2 aromatic carbocycles. The third-order valence-corrected chi connectivity index (χ3v) is 16.0. The number of hydrogen-bond donors (Lipinski definition) is 4. The molecule has 7 unspecified atom stereocenters. The van der Waals surface area contributed by atoms with E-state index in [0.29, 0.717) is 22.1 Å². The molecular weight excluding hydrogens is 1040 g/mol. The number of benzene rings is 2. The molecule has 0 radical (unpaired) electrons. The first-order valence-corrected chi connectivity index (χ1v) is 27.0. The molecule has 24 nitrogen and oxygen atoms in total. The Kier molecular flexibility index (Phi) is 19.5. The van der Waals surface area contributed by atoms with Gasteiger partial charge in [-0.15, -0.1) is 23.5 Å². The van der Waals surface area contributed by atoms with E-state index in [0.717, 1.165) is 43.1 Å². The van der Waals surface area contributed by atoms with Gasteiger partial charge in [-0.3, -0.25) is 48.3 Å². The lowest BCUT2D eigenvalue weighted by molar-refractivity contribution is -0.160. The summed E-state index contributed by atoms with van der Waals surface area (Å²) in [6.45, 7) is 7.69. The lowest BCUT2D eigenvalue weighted by atomic mass is 10.0. The molecule has 412 valence electrons. The molecule has 2 bridgehead atoms. The van der Waals surface area contributed by atoms with Crippen molar-refractivity contribution < 1.29 is 57.4 Å². The largest absolute Gasteiger partial charge is 0.461 e. The van der Waals surface area contributed by atoms with Crippen LogP contribution in [-0.2, 0) is 47.8 Å². The van der Waals surface area contributed by atoms with E-state index < -0.39 is 137 Å². The van der Waals surface area contributed by atoms with Crippen LogP contribution in [0.25, 0.3) is 22.1 Å². The lowest BCUT2D eigenvalue weighted by Gasteiger charge is -2.40. The van der Waals surface area contributed by atoms with E-state index in [1.165, 1.54) is 54.4 Å². The van der Waals surface area contributed by atoms with Gasteiger partial charge in [0.05, 0.1) is 39.0 Å². The molecule has 77 heavy (non-hydrogen) atoms. The summed E-state index contributed by atoms with van der Waals surface area (Å²) < 4.78 is 10.5. The highest BCUT2D eigenvalue weighted by Crippen LogP contribution is 2.32. The number of aromatic nitrogens is 4. The van der Waals surface area contributed by atoms with Gasteiger partial charge >= 0.3 is 11.9 Å². The number of nitrogens with one attached hydrogen (secondary N) is 4. The summed E-state index contributed by atoms with van der Waals surface area (Å²) >= 11 is 2.16. The molecule has 2 aliphatic heterocycles. The Morgan fingerprint density at radius 1 is 0.610 bits per heavy atom. The minimum atomic E-state index is -1.66. The Labute approximate surface area is 453 Å². The molecule has 26 heteroatoms. The second-order valence-electron chi connectivity index (χ2n) is 19.3. The number of likely N-dealkylation sites (N-methyl/N-ethyl adjacent to an activating group) is 4. The van der Waals surface area contributed by atoms with Crippen molar-refractivity contribution in [2.45, 2.75) is 94.5 Å². The van der Waals surface area contributed by atoms with Crippen molar-refractivity contribution in [1.82, 2.24) is 60.8 Å². The van der Waals surface area contributed by atoms with E-state index in [1.54, 1.807) is 82.5 Å². The number of thioether (sulfide) groups is 2. The van der Waals surface area contributed by atoms with Crippen LogP contribution in [0.3, 0.4) is 0 Å². The average Bonchev–Trinajstić information content (AvgIpc) is 3.40. The van der Waals surface area contributed by atoms with E-state index in [9.17, 15) is 38.4 Å². The summed E-state index contributed by atoms with van der Waals surface area (Å²) in [5, 5.41) is 10.2. The van der Waals surface area contributed by atoms with E-state index in [4.69, 9.17) is 9.47 Å². The molecular formula is C51H64N12O12S2.